The number of benzene rings is 1. The van der Waals surface area contributed by atoms with Gasteiger partial charge in [-0.25, -0.2) is 8.78 Å². The summed E-state index contributed by atoms with van der Waals surface area (Å²) in [4.78, 5) is 0. The highest BCUT2D eigenvalue weighted by molar-refractivity contribution is 5.21. The van der Waals surface area contributed by atoms with Gasteiger partial charge in [0.15, 0.2) is 0 Å². The smallest absolute Gasteiger partial charge is 0.129 e. The number of nitrogens with one attached hydrogen (secondary N) is 1. The Bertz CT molecular complexity index is 377. The van der Waals surface area contributed by atoms with Crippen LogP contribution in [0.2, 0.25) is 0 Å². The minimum atomic E-state index is -1.15. The minimum Gasteiger partial charge on any atom is -0.389 e. The molecule has 0 aromatic heterocycles. The predicted molar refractivity (Wildman–Crippen MR) is 60.5 cm³/mol. The van der Waals surface area contributed by atoms with Crippen LogP contribution in [0.4, 0.5) is 8.78 Å². The first-order chi connectivity index (χ1) is 7.79. The minimum absolute atomic E-state index is 0.0460. The maximum Gasteiger partial charge on any atom is 0.129 e. The molecule has 1 rings (SSSR count). The van der Waals surface area contributed by atoms with Crippen LogP contribution in [0.5, 0.6) is 0 Å². The topological polar surface area (TPSA) is 52.5 Å². The lowest BCUT2D eigenvalue weighted by Gasteiger charge is -2.19. The third-order valence-electron chi connectivity index (χ3n) is 2.21. The van der Waals surface area contributed by atoms with Crippen LogP contribution in [-0.2, 0) is 0 Å². The van der Waals surface area contributed by atoms with Gasteiger partial charge in [0.1, 0.15) is 11.6 Å². The molecule has 0 saturated carbocycles. The number of rotatable bonds is 5. The van der Waals surface area contributed by atoms with Gasteiger partial charge in [-0.05, 0) is 32.0 Å². The molecular formula is C12H17F2NO2. The Labute approximate surface area is 99.1 Å². The number of hydrogen-bond donors (Lipinski definition) is 3. The van der Waals surface area contributed by atoms with Crippen LogP contribution < -0.4 is 5.32 Å². The number of hydrogen-bond acceptors (Lipinski definition) is 3. The molecule has 0 fully saturated rings. The Morgan fingerprint density at radius 3 is 2.59 bits per heavy atom. The molecule has 1 atom stereocenters. The zero-order chi connectivity index (χ0) is 13.1. The summed E-state index contributed by atoms with van der Waals surface area (Å²) in [5.41, 5.74) is -1.01. The van der Waals surface area contributed by atoms with Crippen LogP contribution in [0.25, 0.3) is 0 Å². The van der Waals surface area contributed by atoms with E-state index in [2.05, 4.69) is 5.32 Å². The number of aliphatic hydroxyl groups is 2. The van der Waals surface area contributed by atoms with Crippen LogP contribution >= 0.6 is 0 Å². The molecule has 0 aliphatic heterocycles. The molecule has 1 aromatic carbocycles. The molecule has 0 amide bonds. The molecule has 1 aromatic rings. The Morgan fingerprint density at radius 2 is 2.00 bits per heavy atom. The Hall–Kier alpha value is -1.04. The fraction of sp³-hybridized carbons (Fsp3) is 0.500. The normalized spacial score (nSPS) is 13.8. The average molecular weight is 245 g/mol. The Kier molecular flexibility index (Phi) is 4.56. The zero-order valence-corrected chi connectivity index (χ0v) is 9.87. The van der Waals surface area contributed by atoms with E-state index in [1.807, 2.05) is 0 Å². The van der Waals surface area contributed by atoms with E-state index in [1.165, 1.54) is 0 Å². The van der Waals surface area contributed by atoms with Crippen molar-refractivity contribution < 1.29 is 19.0 Å². The first kappa shape index (κ1) is 14.0. The van der Waals surface area contributed by atoms with Crippen molar-refractivity contribution in [2.75, 3.05) is 13.1 Å². The molecule has 96 valence electrons. The third kappa shape index (κ3) is 4.77. The van der Waals surface area contributed by atoms with Crippen molar-refractivity contribution in [3.8, 4) is 0 Å². The van der Waals surface area contributed by atoms with Gasteiger partial charge in [0.2, 0.25) is 0 Å². The summed E-state index contributed by atoms with van der Waals surface area (Å²) >= 11 is 0. The molecular weight excluding hydrogens is 228 g/mol. The summed E-state index contributed by atoms with van der Waals surface area (Å²) in [5.74, 6) is -1.24. The van der Waals surface area contributed by atoms with Gasteiger partial charge in [0.25, 0.3) is 0 Å². The summed E-state index contributed by atoms with van der Waals surface area (Å²) in [6, 6.07) is 2.94. The molecule has 0 saturated heterocycles. The molecule has 0 radical (unpaired) electrons. The summed E-state index contributed by atoms with van der Waals surface area (Å²) < 4.78 is 26.2. The monoisotopic (exact) mass is 245 g/mol. The van der Waals surface area contributed by atoms with E-state index in [9.17, 15) is 19.0 Å². The Morgan fingerprint density at radius 1 is 1.35 bits per heavy atom. The summed E-state index contributed by atoms with van der Waals surface area (Å²) in [6.45, 7) is 3.51. The standard InChI is InChI=1S/C12H17F2NO2/c1-12(2,17)7-15-6-11(16)9-5-8(13)3-4-10(9)14/h3-5,11,15-17H,6-7H2,1-2H3. The first-order valence-electron chi connectivity index (χ1n) is 5.36. The summed E-state index contributed by atoms with van der Waals surface area (Å²) in [5, 5.41) is 21.9. The van der Waals surface area contributed by atoms with Crippen molar-refractivity contribution in [3.63, 3.8) is 0 Å². The average Bonchev–Trinajstić information content (AvgIpc) is 2.19. The lowest BCUT2D eigenvalue weighted by molar-refractivity contribution is 0.0737. The molecule has 0 heterocycles. The van der Waals surface area contributed by atoms with E-state index in [0.29, 0.717) is 0 Å². The second-order valence-corrected chi connectivity index (χ2v) is 4.62. The van der Waals surface area contributed by atoms with Crippen molar-refractivity contribution in [3.05, 3.63) is 35.4 Å². The van der Waals surface area contributed by atoms with Gasteiger partial charge in [0, 0.05) is 18.7 Å². The first-order valence-corrected chi connectivity index (χ1v) is 5.36. The van der Waals surface area contributed by atoms with Crippen LogP contribution in [0.1, 0.15) is 25.5 Å². The highest BCUT2D eigenvalue weighted by Gasteiger charge is 2.16. The number of halogens is 2. The molecule has 1 unspecified atom stereocenters. The second kappa shape index (κ2) is 5.53. The van der Waals surface area contributed by atoms with E-state index < -0.39 is 23.3 Å². The Balaban J connectivity index is 2.58. The van der Waals surface area contributed by atoms with E-state index in [1.54, 1.807) is 13.8 Å². The molecule has 0 bridgehead atoms. The van der Waals surface area contributed by atoms with E-state index in [4.69, 9.17) is 0 Å². The van der Waals surface area contributed by atoms with Crippen LogP contribution in [0, 0.1) is 11.6 Å². The van der Waals surface area contributed by atoms with Crippen molar-refractivity contribution in [1.82, 2.24) is 5.32 Å². The van der Waals surface area contributed by atoms with Gasteiger partial charge >= 0.3 is 0 Å². The SMILES string of the molecule is CC(C)(O)CNCC(O)c1cc(F)ccc1F. The molecule has 0 aliphatic carbocycles. The summed E-state index contributed by atoms with van der Waals surface area (Å²) in [7, 11) is 0. The van der Waals surface area contributed by atoms with E-state index in [-0.39, 0.29) is 18.7 Å². The maximum atomic E-state index is 13.3. The lowest BCUT2D eigenvalue weighted by Crippen LogP contribution is -2.36. The molecule has 3 N–H and O–H groups in total. The molecule has 0 spiro atoms. The van der Waals surface area contributed by atoms with Crippen molar-refractivity contribution in [2.24, 2.45) is 0 Å². The van der Waals surface area contributed by atoms with Gasteiger partial charge in [0.05, 0.1) is 11.7 Å². The lowest BCUT2D eigenvalue weighted by atomic mass is 10.1. The molecule has 0 aliphatic rings. The second-order valence-electron chi connectivity index (χ2n) is 4.62. The van der Waals surface area contributed by atoms with Crippen LogP contribution in [0.15, 0.2) is 18.2 Å². The quantitative estimate of drug-likeness (QED) is 0.734. The van der Waals surface area contributed by atoms with Gasteiger partial charge in [-0.1, -0.05) is 0 Å². The molecule has 3 nitrogen and oxygen atoms in total. The van der Waals surface area contributed by atoms with Crippen molar-refractivity contribution in [1.29, 1.82) is 0 Å². The third-order valence-corrected chi connectivity index (χ3v) is 2.21. The maximum absolute atomic E-state index is 13.3. The molecule has 17 heavy (non-hydrogen) atoms. The van der Waals surface area contributed by atoms with Gasteiger partial charge < -0.3 is 15.5 Å². The fourth-order valence-electron chi connectivity index (χ4n) is 1.39. The fourth-order valence-corrected chi connectivity index (χ4v) is 1.39. The zero-order valence-electron chi connectivity index (χ0n) is 9.87. The summed E-state index contributed by atoms with van der Waals surface area (Å²) in [6.07, 6.45) is -1.15. The van der Waals surface area contributed by atoms with E-state index >= 15 is 0 Å². The molecule has 5 heteroatoms. The van der Waals surface area contributed by atoms with Gasteiger partial charge in [-0.15, -0.1) is 0 Å². The van der Waals surface area contributed by atoms with Crippen molar-refractivity contribution >= 4 is 0 Å². The van der Waals surface area contributed by atoms with Crippen LogP contribution in [-0.4, -0.2) is 28.9 Å². The van der Waals surface area contributed by atoms with Gasteiger partial charge in [-0.2, -0.15) is 0 Å². The highest BCUT2D eigenvalue weighted by Crippen LogP contribution is 2.17. The largest absolute Gasteiger partial charge is 0.389 e. The van der Waals surface area contributed by atoms with Gasteiger partial charge in [-0.3, -0.25) is 0 Å². The van der Waals surface area contributed by atoms with Crippen molar-refractivity contribution in [2.45, 2.75) is 25.6 Å². The highest BCUT2D eigenvalue weighted by atomic mass is 19.1. The predicted octanol–water partition coefficient (Wildman–Crippen LogP) is 1.36. The van der Waals surface area contributed by atoms with Crippen LogP contribution in [0.3, 0.4) is 0 Å². The number of aliphatic hydroxyl groups excluding tert-OH is 1. The van der Waals surface area contributed by atoms with E-state index in [0.717, 1.165) is 18.2 Å².